The van der Waals surface area contributed by atoms with Crippen LogP contribution in [0.15, 0.2) is 66.7 Å². The molecule has 36 heavy (non-hydrogen) atoms. The molecule has 2 aromatic carbocycles. The first-order valence-electron chi connectivity index (χ1n) is 12.5. The number of ether oxygens (including phenoxy) is 1. The van der Waals surface area contributed by atoms with Gasteiger partial charge in [0.2, 0.25) is 0 Å². The molecule has 1 aromatic heterocycles. The van der Waals surface area contributed by atoms with Gasteiger partial charge in [-0.05, 0) is 55.1 Å². The smallest absolute Gasteiger partial charge is 0.337 e. The molecule has 4 rings (SSSR count). The molecule has 0 radical (unpaired) electrons. The molecule has 0 amide bonds. The zero-order valence-electron chi connectivity index (χ0n) is 21.0. The number of benzene rings is 2. The number of methoxy groups -OCH3 is 1. The summed E-state index contributed by atoms with van der Waals surface area (Å²) in [6, 6.07) is 21.8. The first-order chi connectivity index (χ1) is 17.5. The van der Waals surface area contributed by atoms with Crippen molar-refractivity contribution in [1.29, 1.82) is 0 Å². The zero-order chi connectivity index (χ0) is 25.8. The number of nitrogens with one attached hydrogen (secondary N) is 2. The molecule has 1 aliphatic carbocycles. The van der Waals surface area contributed by atoms with Gasteiger partial charge in [-0.3, -0.25) is 0 Å². The quantitative estimate of drug-likeness (QED) is 0.177. The fourth-order valence-electron chi connectivity index (χ4n) is 4.62. The number of nitrogen functional groups attached to an aromatic ring is 3. The molecule has 1 heterocycles. The highest BCUT2D eigenvalue weighted by Crippen LogP contribution is 2.36. The Balaban J connectivity index is 0.000000526. The molecule has 8 heteroatoms. The predicted octanol–water partition coefficient (Wildman–Crippen LogP) is 4.45. The van der Waals surface area contributed by atoms with Crippen molar-refractivity contribution in [3.8, 4) is 0 Å². The van der Waals surface area contributed by atoms with E-state index in [1.54, 1.807) is 12.1 Å². The van der Waals surface area contributed by atoms with Crippen molar-refractivity contribution in [3.05, 3.63) is 83.4 Å². The maximum absolute atomic E-state index is 12.1. The lowest BCUT2D eigenvalue weighted by Crippen LogP contribution is -2.32. The minimum absolute atomic E-state index is 0.0805. The number of anilines is 3. The Bertz CT molecular complexity index is 1060. The van der Waals surface area contributed by atoms with Gasteiger partial charge in [-0.25, -0.2) is 15.6 Å². The molecule has 8 nitrogen and oxygen atoms in total. The minimum atomic E-state index is -0.373. The van der Waals surface area contributed by atoms with Gasteiger partial charge in [0.1, 0.15) is 5.82 Å². The Labute approximate surface area is 213 Å². The lowest BCUT2D eigenvalue weighted by molar-refractivity contribution is 0.0600. The first-order valence-corrected chi connectivity index (χ1v) is 12.5. The molecule has 1 fully saturated rings. The number of carbonyl (C=O) groups excluding carboxylic acids is 1. The summed E-state index contributed by atoms with van der Waals surface area (Å²) in [5, 5.41) is 3.68. The first kappa shape index (κ1) is 27.0. The maximum Gasteiger partial charge on any atom is 0.337 e. The third-order valence-corrected chi connectivity index (χ3v) is 6.47. The highest BCUT2D eigenvalue weighted by molar-refractivity contribution is 5.89. The van der Waals surface area contributed by atoms with Crippen LogP contribution in [0, 0.1) is 0 Å². The van der Waals surface area contributed by atoms with Crippen molar-refractivity contribution in [3.63, 3.8) is 0 Å². The van der Waals surface area contributed by atoms with Crippen LogP contribution in [0.2, 0.25) is 0 Å². The van der Waals surface area contributed by atoms with Crippen molar-refractivity contribution in [2.75, 3.05) is 30.5 Å². The number of carbonyl (C=O) groups is 1. The van der Waals surface area contributed by atoms with Crippen molar-refractivity contribution in [1.82, 2.24) is 10.3 Å². The van der Waals surface area contributed by atoms with Gasteiger partial charge in [0, 0.05) is 12.0 Å². The van der Waals surface area contributed by atoms with Crippen LogP contribution < -0.4 is 28.1 Å². The Kier molecular flexibility index (Phi) is 10.5. The van der Waals surface area contributed by atoms with Crippen LogP contribution in [0.4, 0.5) is 17.3 Å². The van der Waals surface area contributed by atoms with E-state index in [2.05, 4.69) is 15.7 Å². The molecule has 0 bridgehead atoms. The Morgan fingerprint density at radius 2 is 1.69 bits per heavy atom. The van der Waals surface area contributed by atoms with E-state index in [4.69, 9.17) is 22.0 Å². The van der Waals surface area contributed by atoms with E-state index in [-0.39, 0.29) is 11.9 Å². The molecule has 0 aliphatic heterocycles. The molecule has 192 valence electrons. The number of hydrazine groups is 1. The highest BCUT2D eigenvalue weighted by Gasteiger charge is 2.22. The lowest BCUT2D eigenvalue weighted by atomic mass is 9.86. The second-order valence-corrected chi connectivity index (χ2v) is 8.95. The molecular weight excluding hydrogens is 452 g/mol. The standard InChI is InChI=1S/C22H32N6O2.C6H6/c1-30-22(29)15-7-5-6-14(12-15)17(10-11-26-16-8-3-2-4-9-16)18-13-19(23)27-21(28-25)20(18)24;1-2-4-6-5-3-1/h5-7,12-13,16-17,26H,2-4,8-11,24-25H2,1H3,(H3,23,27,28);1-6H. The highest BCUT2D eigenvalue weighted by atomic mass is 16.5. The normalized spacial score (nSPS) is 14.3. The summed E-state index contributed by atoms with van der Waals surface area (Å²) in [4.78, 5) is 16.2. The summed E-state index contributed by atoms with van der Waals surface area (Å²) < 4.78 is 4.88. The van der Waals surface area contributed by atoms with Crippen LogP contribution in [-0.2, 0) is 4.74 Å². The van der Waals surface area contributed by atoms with Crippen molar-refractivity contribution in [2.45, 2.75) is 50.5 Å². The van der Waals surface area contributed by atoms with E-state index >= 15 is 0 Å². The average Bonchev–Trinajstić information content (AvgIpc) is 2.94. The number of esters is 1. The van der Waals surface area contributed by atoms with Crippen molar-refractivity contribution in [2.24, 2.45) is 5.84 Å². The summed E-state index contributed by atoms with van der Waals surface area (Å²) in [5.41, 5.74) is 17.7. The van der Waals surface area contributed by atoms with Crippen LogP contribution in [0.1, 0.15) is 65.9 Å². The molecule has 1 unspecified atom stereocenters. The van der Waals surface area contributed by atoms with E-state index in [1.165, 1.54) is 39.2 Å². The summed E-state index contributed by atoms with van der Waals surface area (Å²) in [6.45, 7) is 0.824. The second kappa shape index (κ2) is 14.1. The van der Waals surface area contributed by atoms with Gasteiger partial charge in [0.15, 0.2) is 5.82 Å². The predicted molar refractivity (Wildman–Crippen MR) is 146 cm³/mol. The van der Waals surface area contributed by atoms with Gasteiger partial charge in [-0.15, -0.1) is 0 Å². The fraction of sp³-hybridized carbons (Fsp3) is 0.357. The van der Waals surface area contributed by atoms with Gasteiger partial charge in [0.05, 0.1) is 18.4 Å². The largest absolute Gasteiger partial charge is 0.465 e. The van der Waals surface area contributed by atoms with Crippen molar-refractivity contribution >= 4 is 23.3 Å². The number of hydrogen-bond donors (Lipinski definition) is 5. The minimum Gasteiger partial charge on any atom is -0.465 e. The SMILES string of the molecule is COC(=O)c1cccc(C(CCNC2CCCCC2)c2cc(N)nc(NN)c2N)c1.c1ccccc1. The van der Waals surface area contributed by atoms with Gasteiger partial charge >= 0.3 is 5.97 Å². The topological polar surface area (TPSA) is 141 Å². The number of rotatable bonds is 8. The summed E-state index contributed by atoms with van der Waals surface area (Å²) >= 11 is 0. The summed E-state index contributed by atoms with van der Waals surface area (Å²) in [7, 11) is 1.38. The molecule has 0 spiro atoms. The van der Waals surface area contributed by atoms with Gasteiger partial charge in [0.25, 0.3) is 0 Å². The average molecular weight is 491 g/mol. The molecule has 8 N–H and O–H groups in total. The fourth-order valence-corrected chi connectivity index (χ4v) is 4.62. The van der Waals surface area contributed by atoms with Crippen LogP contribution in [0.25, 0.3) is 0 Å². The van der Waals surface area contributed by atoms with E-state index < -0.39 is 0 Å². The maximum atomic E-state index is 12.1. The Hall–Kier alpha value is -3.62. The summed E-state index contributed by atoms with van der Waals surface area (Å²) in [6.07, 6.45) is 7.10. The number of hydrogen-bond acceptors (Lipinski definition) is 8. The number of nitrogens with zero attached hydrogens (tertiary/aromatic N) is 1. The Morgan fingerprint density at radius 1 is 1.03 bits per heavy atom. The van der Waals surface area contributed by atoms with Crippen LogP contribution >= 0.6 is 0 Å². The third kappa shape index (κ3) is 7.69. The lowest BCUT2D eigenvalue weighted by Gasteiger charge is -2.26. The number of pyridine rings is 1. The zero-order valence-corrected chi connectivity index (χ0v) is 21.0. The Morgan fingerprint density at radius 3 is 2.31 bits per heavy atom. The van der Waals surface area contributed by atoms with Gasteiger partial charge in [-0.2, -0.15) is 0 Å². The monoisotopic (exact) mass is 490 g/mol. The second-order valence-electron chi connectivity index (χ2n) is 8.95. The van der Waals surface area contributed by atoms with Crippen LogP contribution in [-0.4, -0.2) is 30.6 Å². The van der Waals surface area contributed by atoms with E-state index in [9.17, 15) is 4.79 Å². The van der Waals surface area contributed by atoms with Gasteiger partial charge < -0.3 is 26.9 Å². The van der Waals surface area contributed by atoms with Gasteiger partial charge in [-0.1, -0.05) is 67.8 Å². The molecule has 3 aromatic rings. The van der Waals surface area contributed by atoms with E-state index in [0.717, 1.165) is 24.1 Å². The van der Waals surface area contributed by atoms with E-state index in [0.29, 0.717) is 28.9 Å². The van der Waals surface area contributed by atoms with Crippen molar-refractivity contribution < 1.29 is 9.53 Å². The number of aromatic nitrogens is 1. The number of nitrogens with two attached hydrogens (primary N) is 3. The van der Waals surface area contributed by atoms with E-state index in [1.807, 2.05) is 54.6 Å². The molecule has 1 saturated carbocycles. The summed E-state index contributed by atoms with van der Waals surface area (Å²) in [5.74, 6) is 5.81. The molecule has 1 atom stereocenters. The van der Waals surface area contributed by atoms with Crippen LogP contribution in [0.5, 0.6) is 0 Å². The molecule has 0 saturated heterocycles. The molecular formula is C28H38N6O2. The third-order valence-electron chi connectivity index (χ3n) is 6.47. The molecule has 1 aliphatic rings. The van der Waals surface area contributed by atoms with Crippen LogP contribution in [0.3, 0.4) is 0 Å².